The minimum absolute atomic E-state index is 0.0374. The number of nitrogens with two attached hydrogens (primary N) is 1. The Morgan fingerprint density at radius 2 is 2.35 bits per heavy atom. The average molecular weight is 235 g/mol. The Kier molecular flexibility index (Phi) is 3.61. The first kappa shape index (κ1) is 11.9. The topological polar surface area (TPSA) is 67.6 Å². The van der Waals surface area contributed by atoms with Gasteiger partial charge in [-0.2, -0.15) is 0 Å². The van der Waals surface area contributed by atoms with E-state index in [0.29, 0.717) is 13.1 Å². The van der Waals surface area contributed by atoms with Crippen molar-refractivity contribution in [2.24, 2.45) is 5.73 Å². The predicted molar refractivity (Wildman–Crippen MR) is 66.1 cm³/mol. The molecule has 0 saturated carbocycles. The monoisotopic (exact) mass is 235 g/mol. The fourth-order valence-corrected chi connectivity index (χ4v) is 1.94. The van der Waals surface area contributed by atoms with Crippen molar-refractivity contribution in [1.82, 2.24) is 5.32 Å². The minimum Gasteiger partial charge on any atom is -0.482 e. The van der Waals surface area contributed by atoms with Gasteiger partial charge < -0.3 is 20.7 Å². The lowest BCUT2D eigenvalue weighted by molar-refractivity contribution is -0.121. The molecule has 0 aliphatic carbocycles. The lowest BCUT2D eigenvalue weighted by Gasteiger charge is -2.29. The zero-order chi connectivity index (χ0) is 12.3. The highest BCUT2D eigenvalue weighted by Crippen LogP contribution is 2.32. The number of anilines is 1. The number of nitrogens with zero attached hydrogens (tertiary/aromatic N) is 1. The van der Waals surface area contributed by atoms with Gasteiger partial charge in [-0.15, -0.1) is 0 Å². The van der Waals surface area contributed by atoms with E-state index in [1.54, 1.807) is 4.90 Å². The summed E-state index contributed by atoms with van der Waals surface area (Å²) in [5.41, 5.74) is 7.46. The molecular formula is C12H17N3O2. The number of benzene rings is 1. The summed E-state index contributed by atoms with van der Waals surface area (Å²) in [6.07, 6.45) is 0. The summed E-state index contributed by atoms with van der Waals surface area (Å²) >= 11 is 0. The molecular weight excluding hydrogens is 218 g/mol. The quantitative estimate of drug-likeness (QED) is 0.776. The molecule has 0 saturated heterocycles. The summed E-state index contributed by atoms with van der Waals surface area (Å²) in [6.45, 7) is 1.83. The first-order valence-corrected chi connectivity index (χ1v) is 5.67. The highest BCUT2D eigenvalue weighted by atomic mass is 16.5. The van der Waals surface area contributed by atoms with E-state index in [0.717, 1.165) is 23.5 Å². The average Bonchev–Trinajstić information content (AvgIpc) is 2.33. The van der Waals surface area contributed by atoms with Gasteiger partial charge in [0, 0.05) is 19.6 Å². The van der Waals surface area contributed by atoms with E-state index >= 15 is 0 Å². The van der Waals surface area contributed by atoms with Crippen molar-refractivity contribution in [2.75, 3.05) is 31.6 Å². The van der Waals surface area contributed by atoms with Crippen molar-refractivity contribution in [1.29, 1.82) is 0 Å². The summed E-state index contributed by atoms with van der Waals surface area (Å²) in [7, 11) is 1.89. The molecule has 3 N–H and O–H groups in total. The summed E-state index contributed by atoms with van der Waals surface area (Å²) in [4.78, 5) is 13.4. The van der Waals surface area contributed by atoms with Crippen molar-refractivity contribution < 1.29 is 9.53 Å². The molecule has 5 nitrogen and oxygen atoms in total. The molecule has 5 heteroatoms. The fourth-order valence-electron chi connectivity index (χ4n) is 1.94. The highest BCUT2D eigenvalue weighted by Gasteiger charge is 2.24. The largest absolute Gasteiger partial charge is 0.482 e. The van der Waals surface area contributed by atoms with Gasteiger partial charge in [0.2, 0.25) is 0 Å². The smallest absolute Gasteiger partial charge is 0.265 e. The van der Waals surface area contributed by atoms with Gasteiger partial charge in [-0.3, -0.25) is 4.79 Å². The second-order valence-corrected chi connectivity index (χ2v) is 3.96. The molecule has 0 radical (unpaired) electrons. The molecule has 0 atom stereocenters. The maximum Gasteiger partial charge on any atom is 0.265 e. The van der Waals surface area contributed by atoms with Gasteiger partial charge in [0.25, 0.3) is 5.91 Å². The van der Waals surface area contributed by atoms with Gasteiger partial charge in [-0.05, 0) is 24.7 Å². The number of hydrogen-bond acceptors (Lipinski definition) is 4. The molecule has 0 spiro atoms. The number of fused-ring (bicyclic) bond motifs is 1. The molecule has 1 aromatic rings. The summed E-state index contributed by atoms with van der Waals surface area (Å²) in [5.74, 6) is 0.711. The molecule has 17 heavy (non-hydrogen) atoms. The second kappa shape index (κ2) is 5.16. The Bertz CT molecular complexity index is 420. The van der Waals surface area contributed by atoms with Crippen LogP contribution in [0.3, 0.4) is 0 Å². The predicted octanol–water partition coefficient (Wildman–Crippen LogP) is 0.0901. The normalized spacial score (nSPS) is 14.5. The molecule has 0 unspecified atom stereocenters. The minimum atomic E-state index is -0.0374. The number of rotatable bonds is 4. The molecule has 0 bridgehead atoms. The maximum absolute atomic E-state index is 11.7. The molecule has 0 fully saturated rings. The van der Waals surface area contributed by atoms with Crippen LogP contribution in [0.4, 0.5) is 5.69 Å². The van der Waals surface area contributed by atoms with Gasteiger partial charge in [-0.1, -0.05) is 6.07 Å². The molecule has 1 aliphatic heterocycles. The van der Waals surface area contributed by atoms with E-state index in [4.69, 9.17) is 10.5 Å². The summed E-state index contributed by atoms with van der Waals surface area (Å²) < 4.78 is 5.39. The maximum atomic E-state index is 11.7. The lowest BCUT2D eigenvalue weighted by Crippen LogP contribution is -2.41. The number of carbonyl (C=O) groups excluding carboxylic acids is 1. The van der Waals surface area contributed by atoms with Crippen molar-refractivity contribution >= 4 is 11.6 Å². The van der Waals surface area contributed by atoms with Crippen LogP contribution in [0, 0.1) is 0 Å². The summed E-state index contributed by atoms with van der Waals surface area (Å²) in [6, 6.07) is 5.86. The van der Waals surface area contributed by atoms with E-state index in [1.807, 2.05) is 25.2 Å². The van der Waals surface area contributed by atoms with Crippen LogP contribution in [0.2, 0.25) is 0 Å². The number of amides is 1. The number of nitrogens with one attached hydrogen (secondary N) is 1. The van der Waals surface area contributed by atoms with Crippen molar-refractivity contribution in [3.63, 3.8) is 0 Å². The van der Waals surface area contributed by atoms with Crippen LogP contribution in [0.15, 0.2) is 18.2 Å². The van der Waals surface area contributed by atoms with Crippen LogP contribution in [0.25, 0.3) is 0 Å². The zero-order valence-corrected chi connectivity index (χ0v) is 9.90. The third-order valence-electron chi connectivity index (χ3n) is 2.70. The fraction of sp³-hybridized carbons (Fsp3) is 0.417. The third-order valence-corrected chi connectivity index (χ3v) is 2.70. The van der Waals surface area contributed by atoms with Crippen LogP contribution >= 0.6 is 0 Å². The van der Waals surface area contributed by atoms with E-state index in [-0.39, 0.29) is 12.5 Å². The molecule has 2 rings (SSSR count). The van der Waals surface area contributed by atoms with E-state index in [9.17, 15) is 4.79 Å². The van der Waals surface area contributed by atoms with E-state index < -0.39 is 0 Å². The van der Waals surface area contributed by atoms with Crippen LogP contribution in [-0.2, 0) is 11.3 Å². The van der Waals surface area contributed by atoms with Gasteiger partial charge in [0.05, 0.1) is 5.69 Å². The highest BCUT2D eigenvalue weighted by molar-refractivity contribution is 5.97. The van der Waals surface area contributed by atoms with E-state index in [2.05, 4.69) is 5.32 Å². The van der Waals surface area contributed by atoms with Crippen LogP contribution in [-0.4, -0.2) is 32.7 Å². The SMILES string of the molecule is CNCc1ccc2c(c1)N(CCN)C(=O)CO2. The standard InChI is InChI=1S/C12H17N3O2/c1-14-7-9-2-3-11-10(6-9)15(5-4-13)12(16)8-17-11/h2-3,6,14H,4-5,7-8,13H2,1H3. The van der Waals surface area contributed by atoms with Gasteiger partial charge in [0.15, 0.2) is 6.61 Å². The Hall–Kier alpha value is -1.59. The Labute approximate surface area is 101 Å². The Morgan fingerprint density at radius 3 is 3.06 bits per heavy atom. The van der Waals surface area contributed by atoms with Crippen LogP contribution < -0.4 is 20.7 Å². The first-order chi connectivity index (χ1) is 8.26. The van der Waals surface area contributed by atoms with Gasteiger partial charge in [0.1, 0.15) is 5.75 Å². The molecule has 1 amide bonds. The molecule has 1 heterocycles. The molecule has 92 valence electrons. The number of hydrogen-bond donors (Lipinski definition) is 2. The third kappa shape index (κ3) is 2.40. The Morgan fingerprint density at radius 1 is 1.53 bits per heavy atom. The number of carbonyl (C=O) groups is 1. The van der Waals surface area contributed by atoms with Crippen molar-refractivity contribution in [2.45, 2.75) is 6.54 Å². The van der Waals surface area contributed by atoms with Crippen LogP contribution in [0.5, 0.6) is 5.75 Å². The van der Waals surface area contributed by atoms with Crippen molar-refractivity contribution in [3.8, 4) is 5.75 Å². The first-order valence-electron chi connectivity index (χ1n) is 5.67. The van der Waals surface area contributed by atoms with Crippen LogP contribution in [0.1, 0.15) is 5.56 Å². The lowest BCUT2D eigenvalue weighted by atomic mass is 10.1. The van der Waals surface area contributed by atoms with E-state index in [1.165, 1.54) is 0 Å². The van der Waals surface area contributed by atoms with Crippen molar-refractivity contribution in [3.05, 3.63) is 23.8 Å². The Balaban J connectivity index is 2.34. The molecule has 1 aliphatic rings. The summed E-state index contributed by atoms with van der Waals surface area (Å²) in [5, 5.41) is 3.08. The molecule has 1 aromatic carbocycles. The zero-order valence-electron chi connectivity index (χ0n) is 9.90. The van der Waals surface area contributed by atoms with Gasteiger partial charge in [-0.25, -0.2) is 0 Å². The number of ether oxygens (including phenoxy) is 1. The second-order valence-electron chi connectivity index (χ2n) is 3.96. The molecule has 0 aromatic heterocycles. The van der Waals surface area contributed by atoms with Gasteiger partial charge >= 0.3 is 0 Å².